The van der Waals surface area contributed by atoms with Crippen molar-refractivity contribution in [1.29, 1.82) is 0 Å². The number of likely N-dealkylation sites (tertiary alicyclic amines) is 1. The lowest BCUT2D eigenvalue weighted by atomic mass is 9.87. The van der Waals surface area contributed by atoms with Gasteiger partial charge in [0.05, 0.1) is 6.10 Å². The second-order valence-electron chi connectivity index (χ2n) is 9.56. The molecule has 3 unspecified atom stereocenters. The third kappa shape index (κ3) is 5.04. The SMILES string of the molecule is CC(=O)N1CCC(C(O)c2ccc(CN3C(C)CCC(c4ccccc4)S3(=O)=O)c(F)c2)CC1. The lowest BCUT2D eigenvalue weighted by Crippen LogP contribution is -2.44. The molecule has 0 aromatic heterocycles. The van der Waals surface area contributed by atoms with Gasteiger partial charge in [-0.25, -0.2) is 12.8 Å². The van der Waals surface area contributed by atoms with Crippen molar-refractivity contribution in [3.05, 3.63) is 71.0 Å². The van der Waals surface area contributed by atoms with E-state index >= 15 is 4.39 Å². The quantitative estimate of drug-likeness (QED) is 0.685. The number of aliphatic hydroxyl groups excluding tert-OH is 1. The van der Waals surface area contributed by atoms with Crippen LogP contribution in [-0.4, -0.2) is 47.8 Å². The van der Waals surface area contributed by atoms with Gasteiger partial charge in [-0.05, 0) is 55.7 Å². The Morgan fingerprint density at radius 2 is 1.76 bits per heavy atom. The van der Waals surface area contributed by atoms with Crippen LogP contribution in [-0.2, 0) is 21.4 Å². The van der Waals surface area contributed by atoms with Crippen LogP contribution < -0.4 is 0 Å². The maximum atomic E-state index is 15.1. The molecule has 2 aromatic carbocycles. The highest BCUT2D eigenvalue weighted by atomic mass is 32.2. The number of amides is 1. The van der Waals surface area contributed by atoms with Gasteiger partial charge in [0.2, 0.25) is 15.9 Å². The predicted molar refractivity (Wildman–Crippen MR) is 129 cm³/mol. The van der Waals surface area contributed by atoms with Crippen LogP contribution in [0.3, 0.4) is 0 Å². The molecule has 2 aromatic rings. The second kappa shape index (κ2) is 10.1. The third-order valence-corrected chi connectivity index (χ3v) is 9.74. The Labute approximate surface area is 201 Å². The molecule has 1 amide bonds. The van der Waals surface area contributed by atoms with Crippen molar-refractivity contribution in [2.75, 3.05) is 13.1 Å². The number of hydrogen-bond acceptors (Lipinski definition) is 4. The molecule has 0 spiro atoms. The normalized spacial score (nSPS) is 24.6. The fraction of sp³-hybridized carbons (Fsp3) is 0.500. The molecular formula is C26H33FN2O4S. The summed E-state index contributed by atoms with van der Waals surface area (Å²) in [5.74, 6) is -0.531. The van der Waals surface area contributed by atoms with Gasteiger partial charge in [-0.3, -0.25) is 4.79 Å². The number of sulfonamides is 1. The van der Waals surface area contributed by atoms with Gasteiger partial charge in [0.25, 0.3) is 0 Å². The van der Waals surface area contributed by atoms with Crippen molar-refractivity contribution in [2.45, 2.75) is 63.5 Å². The van der Waals surface area contributed by atoms with Crippen molar-refractivity contribution in [3.63, 3.8) is 0 Å². The number of nitrogens with zero attached hydrogens (tertiary/aromatic N) is 2. The van der Waals surface area contributed by atoms with E-state index in [4.69, 9.17) is 0 Å². The second-order valence-corrected chi connectivity index (χ2v) is 11.6. The fourth-order valence-corrected chi connectivity index (χ4v) is 7.39. The molecule has 2 saturated heterocycles. The molecule has 34 heavy (non-hydrogen) atoms. The van der Waals surface area contributed by atoms with E-state index in [1.807, 2.05) is 37.3 Å². The van der Waals surface area contributed by atoms with Gasteiger partial charge in [0.15, 0.2) is 0 Å². The highest BCUT2D eigenvalue weighted by molar-refractivity contribution is 7.89. The summed E-state index contributed by atoms with van der Waals surface area (Å²) in [5.41, 5.74) is 1.54. The minimum Gasteiger partial charge on any atom is -0.388 e. The van der Waals surface area contributed by atoms with E-state index < -0.39 is 27.2 Å². The smallest absolute Gasteiger partial charge is 0.221 e. The van der Waals surface area contributed by atoms with E-state index in [0.29, 0.717) is 49.9 Å². The molecule has 8 heteroatoms. The Morgan fingerprint density at radius 1 is 1.09 bits per heavy atom. The average Bonchev–Trinajstić information content (AvgIpc) is 2.82. The maximum absolute atomic E-state index is 15.1. The summed E-state index contributed by atoms with van der Waals surface area (Å²) in [6, 6.07) is 13.6. The first-order valence-corrected chi connectivity index (χ1v) is 13.5. The predicted octanol–water partition coefficient (Wildman–Crippen LogP) is 4.17. The minimum absolute atomic E-state index is 0.0275. The number of carbonyl (C=O) groups is 1. The van der Waals surface area contributed by atoms with Gasteiger partial charge in [-0.2, -0.15) is 4.31 Å². The van der Waals surface area contributed by atoms with E-state index in [9.17, 15) is 18.3 Å². The molecule has 3 atom stereocenters. The van der Waals surface area contributed by atoms with Crippen LogP contribution >= 0.6 is 0 Å². The molecule has 2 heterocycles. The van der Waals surface area contributed by atoms with Crippen LogP contribution in [0.25, 0.3) is 0 Å². The molecule has 0 saturated carbocycles. The fourth-order valence-electron chi connectivity index (χ4n) is 5.20. The summed E-state index contributed by atoms with van der Waals surface area (Å²) in [6.07, 6.45) is 1.75. The molecule has 6 nitrogen and oxygen atoms in total. The number of rotatable bonds is 5. The van der Waals surface area contributed by atoms with Crippen LogP contribution in [0.15, 0.2) is 48.5 Å². The molecule has 0 aliphatic carbocycles. The summed E-state index contributed by atoms with van der Waals surface area (Å²) in [4.78, 5) is 13.3. The van der Waals surface area contributed by atoms with E-state index in [1.54, 1.807) is 17.0 Å². The van der Waals surface area contributed by atoms with Crippen molar-refractivity contribution < 1.29 is 22.7 Å². The zero-order valence-corrected chi connectivity index (χ0v) is 20.5. The van der Waals surface area contributed by atoms with Gasteiger partial charge < -0.3 is 10.0 Å². The molecule has 1 N–H and O–H groups in total. The van der Waals surface area contributed by atoms with E-state index in [-0.39, 0.29) is 24.4 Å². The molecule has 184 valence electrons. The molecule has 0 radical (unpaired) electrons. The van der Waals surface area contributed by atoms with Crippen LogP contribution in [0.2, 0.25) is 0 Å². The van der Waals surface area contributed by atoms with Crippen molar-refractivity contribution >= 4 is 15.9 Å². The van der Waals surface area contributed by atoms with Crippen LogP contribution in [0.4, 0.5) is 4.39 Å². The van der Waals surface area contributed by atoms with Crippen LogP contribution in [0.1, 0.15) is 67.6 Å². The Balaban J connectivity index is 1.49. The lowest BCUT2D eigenvalue weighted by molar-refractivity contribution is -0.130. The number of piperidine rings is 1. The average molecular weight is 489 g/mol. The van der Waals surface area contributed by atoms with Gasteiger partial charge in [-0.1, -0.05) is 42.5 Å². The summed E-state index contributed by atoms with van der Waals surface area (Å²) >= 11 is 0. The summed E-state index contributed by atoms with van der Waals surface area (Å²) in [7, 11) is -3.65. The van der Waals surface area contributed by atoms with E-state index in [2.05, 4.69) is 0 Å². The molecule has 2 aliphatic rings. The Hall–Kier alpha value is -2.29. The number of benzene rings is 2. The highest BCUT2D eigenvalue weighted by Crippen LogP contribution is 2.38. The molecular weight excluding hydrogens is 455 g/mol. The minimum atomic E-state index is -3.65. The first-order chi connectivity index (χ1) is 16.2. The Morgan fingerprint density at radius 3 is 2.38 bits per heavy atom. The Bertz CT molecular complexity index is 1120. The monoisotopic (exact) mass is 488 g/mol. The van der Waals surface area contributed by atoms with E-state index in [1.165, 1.54) is 17.3 Å². The third-order valence-electron chi connectivity index (χ3n) is 7.37. The largest absolute Gasteiger partial charge is 0.388 e. The number of carbonyl (C=O) groups excluding carboxylic acids is 1. The molecule has 4 rings (SSSR count). The zero-order chi connectivity index (χ0) is 24.5. The van der Waals surface area contributed by atoms with Gasteiger partial charge in [0, 0.05) is 38.2 Å². The number of aliphatic hydroxyl groups is 1. The summed E-state index contributed by atoms with van der Waals surface area (Å²) in [6.45, 7) is 4.54. The van der Waals surface area contributed by atoms with Gasteiger partial charge in [-0.15, -0.1) is 0 Å². The van der Waals surface area contributed by atoms with Crippen molar-refractivity contribution in [3.8, 4) is 0 Å². The first-order valence-electron chi connectivity index (χ1n) is 12.0. The molecule has 0 bridgehead atoms. The highest BCUT2D eigenvalue weighted by Gasteiger charge is 2.40. The molecule has 2 aliphatic heterocycles. The summed E-state index contributed by atoms with van der Waals surface area (Å²) in [5, 5.41) is 10.2. The van der Waals surface area contributed by atoms with Gasteiger partial charge in [0.1, 0.15) is 11.1 Å². The first kappa shape index (κ1) is 24.8. The van der Waals surface area contributed by atoms with Crippen molar-refractivity contribution in [1.82, 2.24) is 9.21 Å². The maximum Gasteiger partial charge on any atom is 0.221 e. The standard InChI is InChI=1S/C26H33FN2O4S/c1-18-8-11-25(20-6-4-3-5-7-20)34(32,33)29(18)17-23-10-9-22(16-24(23)27)26(31)21-12-14-28(15-13-21)19(2)30/h3-7,9-10,16,18,21,25-26,31H,8,11-15,17H2,1-2H3. The lowest BCUT2D eigenvalue weighted by Gasteiger charge is -2.37. The van der Waals surface area contributed by atoms with Crippen LogP contribution in [0.5, 0.6) is 0 Å². The topological polar surface area (TPSA) is 77.9 Å². The Kier molecular flexibility index (Phi) is 7.40. The summed E-state index contributed by atoms with van der Waals surface area (Å²) < 4.78 is 43.4. The van der Waals surface area contributed by atoms with E-state index in [0.717, 1.165) is 5.56 Å². The number of hydrogen-bond donors (Lipinski definition) is 1. The zero-order valence-electron chi connectivity index (χ0n) is 19.7. The van der Waals surface area contributed by atoms with Crippen molar-refractivity contribution in [2.24, 2.45) is 5.92 Å². The van der Waals surface area contributed by atoms with Crippen LogP contribution in [0, 0.1) is 11.7 Å². The number of halogens is 1. The van der Waals surface area contributed by atoms with Gasteiger partial charge >= 0.3 is 0 Å². The molecule has 2 fully saturated rings.